The second-order valence-corrected chi connectivity index (χ2v) is 8.43. The predicted octanol–water partition coefficient (Wildman–Crippen LogP) is 4.49. The number of benzene rings is 2. The van der Waals surface area contributed by atoms with Gasteiger partial charge in [-0.3, -0.25) is 9.59 Å². The van der Waals surface area contributed by atoms with Crippen LogP contribution in [0.1, 0.15) is 20.9 Å². The Balaban J connectivity index is 1.35. The number of hydrogen-bond donors (Lipinski definition) is 2. The topological polar surface area (TPSA) is 87.7 Å². The van der Waals surface area contributed by atoms with E-state index >= 15 is 0 Å². The van der Waals surface area contributed by atoms with Crippen LogP contribution < -0.4 is 10.9 Å². The molecule has 2 aromatic heterocycles. The normalized spacial score (nSPS) is 10.8. The molecule has 1 amide bonds. The maximum atomic E-state index is 12.4. The van der Waals surface area contributed by atoms with E-state index in [1.165, 1.54) is 6.20 Å². The minimum atomic E-state index is -0.486. The van der Waals surface area contributed by atoms with Crippen LogP contribution >= 0.6 is 22.9 Å². The Kier molecular flexibility index (Phi) is 6.25. The fourth-order valence-electron chi connectivity index (χ4n) is 3.06. The van der Waals surface area contributed by atoms with Gasteiger partial charge in [-0.15, -0.1) is 11.3 Å². The molecule has 0 unspecified atom stereocenters. The SMILES string of the molecule is Cc1nc(-c2ccc(CCNC(=O)c3cnc(-c4ccc(Cl)cc4)[nH]c3=O)cc2)cs1. The molecule has 0 saturated carbocycles. The molecule has 0 aliphatic carbocycles. The highest BCUT2D eigenvalue weighted by Crippen LogP contribution is 2.22. The highest BCUT2D eigenvalue weighted by molar-refractivity contribution is 7.09. The lowest BCUT2D eigenvalue weighted by molar-refractivity contribution is 0.0952. The summed E-state index contributed by atoms with van der Waals surface area (Å²) in [6, 6.07) is 15.0. The molecule has 4 aromatic rings. The summed E-state index contributed by atoms with van der Waals surface area (Å²) in [5, 5.41) is 6.44. The van der Waals surface area contributed by atoms with Crippen molar-refractivity contribution in [2.45, 2.75) is 13.3 Å². The van der Waals surface area contributed by atoms with Crippen molar-refractivity contribution < 1.29 is 4.79 Å². The number of carbonyl (C=O) groups is 1. The summed E-state index contributed by atoms with van der Waals surface area (Å²) in [4.78, 5) is 36.1. The lowest BCUT2D eigenvalue weighted by Crippen LogP contribution is -2.31. The average molecular weight is 451 g/mol. The first-order valence-electron chi connectivity index (χ1n) is 9.64. The standard InChI is InChI=1S/C23H19ClN4O2S/c1-14-27-20(13-31-14)16-4-2-15(3-5-16)10-11-25-22(29)19-12-26-21(28-23(19)30)17-6-8-18(24)9-7-17/h2-9,12-13H,10-11H2,1H3,(H,25,29)(H,26,28,30). The second kappa shape index (κ2) is 9.24. The van der Waals surface area contributed by atoms with Crippen molar-refractivity contribution >= 4 is 28.8 Å². The molecular formula is C23H19ClN4O2S. The monoisotopic (exact) mass is 450 g/mol. The summed E-state index contributed by atoms with van der Waals surface area (Å²) in [6.45, 7) is 2.39. The van der Waals surface area contributed by atoms with Gasteiger partial charge in [0.05, 0.1) is 10.7 Å². The molecule has 156 valence electrons. The number of amides is 1. The van der Waals surface area contributed by atoms with Crippen LogP contribution in [0.3, 0.4) is 0 Å². The quantitative estimate of drug-likeness (QED) is 0.453. The Morgan fingerprint density at radius 2 is 1.81 bits per heavy atom. The molecule has 0 aliphatic rings. The molecule has 0 spiro atoms. The maximum Gasteiger partial charge on any atom is 0.264 e. The third-order valence-corrected chi connectivity index (χ3v) is 5.76. The van der Waals surface area contributed by atoms with Crippen molar-refractivity contribution in [1.82, 2.24) is 20.3 Å². The first kappa shape index (κ1) is 21.0. The van der Waals surface area contributed by atoms with Gasteiger partial charge in [0.25, 0.3) is 11.5 Å². The van der Waals surface area contributed by atoms with Crippen molar-refractivity contribution in [3.63, 3.8) is 0 Å². The van der Waals surface area contributed by atoms with Gasteiger partial charge < -0.3 is 10.3 Å². The number of hydrogen-bond acceptors (Lipinski definition) is 5. The van der Waals surface area contributed by atoms with Crippen molar-refractivity contribution in [2.75, 3.05) is 6.54 Å². The summed E-state index contributed by atoms with van der Waals surface area (Å²) in [6.07, 6.45) is 1.94. The van der Waals surface area contributed by atoms with Crippen LogP contribution in [-0.4, -0.2) is 27.4 Å². The first-order valence-corrected chi connectivity index (χ1v) is 10.9. The van der Waals surface area contributed by atoms with Crippen LogP contribution in [0.2, 0.25) is 5.02 Å². The summed E-state index contributed by atoms with van der Waals surface area (Å²) in [7, 11) is 0. The minimum Gasteiger partial charge on any atom is -0.351 e. The Bertz CT molecular complexity index is 1260. The highest BCUT2D eigenvalue weighted by atomic mass is 35.5. The maximum absolute atomic E-state index is 12.4. The molecule has 6 nitrogen and oxygen atoms in total. The molecule has 4 rings (SSSR count). The van der Waals surface area contributed by atoms with E-state index in [0.717, 1.165) is 21.8 Å². The van der Waals surface area contributed by atoms with Gasteiger partial charge in [-0.05, 0) is 43.2 Å². The number of H-pyrrole nitrogens is 1. The molecule has 0 bridgehead atoms. The fourth-order valence-corrected chi connectivity index (χ4v) is 3.81. The van der Waals surface area contributed by atoms with E-state index in [0.29, 0.717) is 29.4 Å². The van der Waals surface area contributed by atoms with Gasteiger partial charge in [0.15, 0.2) is 0 Å². The van der Waals surface area contributed by atoms with Crippen LogP contribution in [-0.2, 0) is 6.42 Å². The number of rotatable bonds is 6. The van der Waals surface area contributed by atoms with Crippen molar-refractivity contribution in [3.05, 3.63) is 91.6 Å². The van der Waals surface area contributed by atoms with Gasteiger partial charge >= 0.3 is 0 Å². The number of aryl methyl sites for hydroxylation is 1. The summed E-state index contributed by atoms with van der Waals surface area (Å²) in [5.74, 6) is -0.0698. The number of nitrogens with one attached hydrogen (secondary N) is 2. The molecule has 8 heteroatoms. The Morgan fingerprint density at radius 3 is 2.45 bits per heavy atom. The molecule has 0 atom stereocenters. The van der Waals surface area contributed by atoms with E-state index in [9.17, 15) is 9.59 Å². The lowest BCUT2D eigenvalue weighted by atomic mass is 10.1. The summed E-state index contributed by atoms with van der Waals surface area (Å²) in [5.41, 5.74) is 3.32. The largest absolute Gasteiger partial charge is 0.351 e. The van der Waals surface area contributed by atoms with Crippen LogP contribution in [0.15, 0.2) is 64.9 Å². The van der Waals surface area contributed by atoms with Gasteiger partial charge in [0, 0.05) is 34.3 Å². The zero-order valence-electron chi connectivity index (χ0n) is 16.7. The average Bonchev–Trinajstić information content (AvgIpc) is 3.21. The van der Waals surface area contributed by atoms with Gasteiger partial charge in [-0.2, -0.15) is 0 Å². The number of halogens is 1. The van der Waals surface area contributed by atoms with Crippen LogP contribution in [0, 0.1) is 6.92 Å². The molecule has 0 radical (unpaired) electrons. The Labute approximate surface area is 188 Å². The van der Waals surface area contributed by atoms with Gasteiger partial charge in [-0.1, -0.05) is 35.9 Å². The Hall–Kier alpha value is -3.29. The van der Waals surface area contributed by atoms with Crippen LogP contribution in [0.4, 0.5) is 0 Å². The van der Waals surface area contributed by atoms with Crippen LogP contribution in [0.5, 0.6) is 0 Å². The Morgan fingerprint density at radius 1 is 1.10 bits per heavy atom. The van der Waals surface area contributed by atoms with E-state index in [2.05, 4.69) is 20.3 Å². The molecule has 2 aromatic carbocycles. The third kappa shape index (κ3) is 5.07. The van der Waals surface area contributed by atoms with E-state index in [4.69, 9.17) is 11.6 Å². The molecule has 2 heterocycles. The second-order valence-electron chi connectivity index (χ2n) is 6.94. The van der Waals surface area contributed by atoms with Crippen molar-refractivity contribution in [1.29, 1.82) is 0 Å². The molecule has 31 heavy (non-hydrogen) atoms. The van der Waals surface area contributed by atoms with E-state index in [1.807, 2.05) is 36.6 Å². The predicted molar refractivity (Wildman–Crippen MR) is 124 cm³/mol. The molecular weight excluding hydrogens is 432 g/mol. The lowest BCUT2D eigenvalue weighted by Gasteiger charge is -2.07. The third-order valence-electron chi connectivity index (χ3n) is 4.73. The van der Waals surface area contributed by atoms with Gasteiger partial charge in [-0.25, -0.2) is 9.97 Å². The minimum absolute atomic E-state index is 0.0213. The van der Waals surface area contributed by atoms with E-state index in [-0.39, 0.29) is 5.56 Å². The van der Waals surface area contributed by atoms with Crippen LogP contribution in [0.25, 0.3) is 22.6 Å². The number of carbonyl (C=O) groups excluding carboxylic acids is 1. The first-order chi connectivity index (χ1) is 15.0. The molecule has 2 N–H and O–H groups in total. The summed E-state index contributed by atoms with van der Waals surface area (Å²) >= 11 is 7.50. The van der Waals surface area contributed by atoms with E-state index < -0.39 is 11.5 Å². The van der Waals surface area contributed by atoms with Crippen molar-refractivity contribution in [2.24, 2.45) is 0 Å². The molecule has 0 saturated heterocycles. The smallest absolute Gasteiger partial charge is 0.264 e. The molecule has 0 aliphatic heterocycles. The van der Waals surface area contributed by atoms with Crippen molar-refractivity contribution in [3.8, 4) is 22.6 Å². The van der Waals surface area contributed by atoms with Gasteiger partial charge in [0.2, 0.25) is 0 Å². The fraction of sp³-hybridized carbons (Fsp3) is 0.130. The molecule has 0 fully saturated rings. The number of thiazole rings is 1. The zero-order chi connectivity index (χ0) is 21.8. The number of nitrogens with zero attached hydrogens (tertiary/aromatic N) is 2. The van der Waals surface area contributed by atoms with E-state index in [1.54, 1.807) is 35.6 Å². The number of aromatic nitrogens is 3. The number of aromatic amines is 1. The summed E-state index contributed by atoms with van der Waals surface area (Å²) < 4.78 is 0. The highest BCUT2D eigenvalue weighted by Gasteiger charge is 2.12. The zero-order valence-corrected chi connectivity index (χ0v) is 18.3. The van der Waals surface area contributed by atoms with Gasteiger partial charge in [0.1, 0.15) is 11.4 Å².